The van der Waals surface area contributed by atoms with Gasteiger partial charge in [0, 0.05) is 16.6 Å². The van der Waals surface area contributed by atoms with Gasteiger partial charge in [-0.15, -0.1) is 0 Å². The molecule has 5 rings (SSSR count). The van der Waals surface area contributed by atoms with Crippen molar-refractivity contribution in [1.82, 2.24) is 0 Å². The predicted molar refractivity (Wildman–Crippen MR) is 114 cm³/mol. The maximum Gasteiger partial charge on any atom is 0.316 e. The number of nitrogens with one attached hydrogen (secondary N) is 3. The van der Waals surface area contributed by atoms with Gasteiger partial charge in [-0.1, -0.05) is 60.7 Å². The molecule has 0 bridgehead atoms. The Hall–Kier alpha value is -3.02. The summed E-state index contributed by atoms with van der Waals surface area (Å²) in [6, 6.07) is 14.1. The number of anilines is 1. The zero-order valence-electron chi connectivity index (χ0n) is 16.3. The smallest absolute Gasteiger partial charge is 0.316 e. The van der Waals surface area contributed by atoms with E-state index < -0.39 is 0 Å². The Balaban J connectivity index is 1.41. The molecule has 5 heteroatoms. The van der Waals surface area contributed by atoms with Crippen LogP contribution in [-0.4, -0.2) is 44.5 Å². The number of rotatable bonds is 4. The molecule has 1 unspecified atom stereocenters. The molecule has 146 valence electrons. The fourth-order valence-corrected chi connectivity index (χ4v) is 4.35. The van der Waals surface area contributed by atoms with Crippen LogP contribution < -0.4 is 15.2 Å². The molecule has 0 saturated carbocycles. The van der Waals surface area contributed by atoms with Crippen LogP contribution in [0.4, 0.5) is 5.69 Å². The van der Waals surface area contributed by atoms with E-state index in [4.69, 9.17) is 4.74 Å². The summed E-state index contributed by atoms with van der Waals surface area (Å²) in [5.41, 5.74) is 3.90. The minimum absolute atomic E-state index is 0.00887. The third-order valence-electron chi connectivity index (χ3n) is 5.88. The molecule has 2 aromatic carbocycles. The van der Waals surface area contributed by atoms with Crippen LogP contribution in [0.1, 0.15) is 0 Å². The highest BCUT2D eigenvalue weighted by Gasteiger charge is 2.40. The Morgan fingerprint density at radius 3 is 2.83 bits per heavy atom. The van der Waals surface area contributed by atoms with Crippen LogP contribution in [0.15, 0.2) is 78.0 Å². The summed E-state index contributed by atoms with van der Waals surface area (Å²) in [5.74, 6) is -0.0822. The number of benzene rings is 2. The lowest BCUT2D eigenvalue weighted by Crippen LogP contribution is -3.15. The molecular formula is C24H25N3O2+2. The Morgan fingerprint density at radius 2 is 1.93 bits per heavy atom. The van der Waals surface area contributed by atoms with Crippen molar-refractivity contribution < 1.29 is 19.4 Å². The Kier molecular flexibility index (Phi) is 4.84. The van der Waals surface area contributed by atoms with Crippen LogP contribution in [0.2, 0.25) is 0 Å². The summed E-state index contributed by atoms with van der Waals surface area (Å²) in [4.78, 5) is 18.2. The lowest BCUT2D eigenvalue weighted by Gasteiger charge is -2.22. The normalized spacial score (nSPS) is 21.4. The zero-order valence-corrected chi connectivity index (χ0v) is 16.3. The fraction of sp³-hybridized carbons (Fsp3) is 0.250. The second kappa shape index (κ2) is 7.78. The Bertz CT molecular complexity index is 1070. The lowest BCUT2D eigenvalue weighted by molar-refractivity contribution is -0.908. The fourth-order valence-electron chi connectivity index (χ4n) is 4.35. The van der Waals surface area contributed by atoms with Crippen molar-refractivity contribution in [1.29, 1.82) is 0 Å². The number of amides is 1. The van der Waals surface area contributed by atoms with E-state index in [1.807, 2.05) is 42.5 Å². The van der Waals surface area contributed by atoms with Gasteiger partial charge in [0.15, 0.2) is 6.54 Å². The van der Waals surface area contributed by atoms with Gasteiger partial charge in [0.1, 0.15) is 13.1 Å². The van der Waals surface area contributed by atoms with E-state index in [9.17, 15) is 4.79 Å². The number of carbonyl (C=O) groups excluding carboxylic acids is 1. The van der Waals surface area contributed by atoms with Crippen molar-refractivity contribution in [2.75, 3.05) is 38.2 Å². The standard InChI is InChI=1S/C24H23N3O2/c28-24(26-21-11-5-7-17-6-1-2-8-18(17)21)23-20-10-4-3-9-19(20)22(25-23)16-27-12-14-29-15-13-27/h1-11,20H,12-16H2,(H,26,28)/p+2. The minimum Gasteiger partial charge on any atom is -0.370 e. The molecule has 1 fully saturated rings. The van der Waals surface area contributed by atoms with Gasteiger partial charge in [-0.05, 0) is 11.5 Å². The number of quaternary nitrogens is 1. The number of fused-ring (bicyclic) bond motifs is 2. The number of hydrogen-bond donors (Lipinski definition) is 3. The van der Waals surface area contributed by atoms with E-state index >= 15 is 0 Å². The van der Waals surface area contributed by atoms with Gasteiger partial charge >= 0.3 is 5.91 Å². The summed E-state index contributed by atoms with van der Waals surface area (Å²) >= 11 is 0. The van der Waals surface area contributed by atoms with Gasteiger partial charge in [-0.3, -0.25) is 4.79 Å². The van der Waals surface area contributed by atoms with Crippen molar-refractivity contribution in [3.05, 3.63) is 78.0 Å². The van der Waals surface area contributed by atoms with Crippen LogP contribution in [0.5, 0.6) is 0 Å². The van der Waals surface area contributed by atoms with Crippen molar-refractivity contribution in [2.24, 2.45) is 5.92 Å². The van der Waals surface area contributed by atoms with E-state index in [1.165, 1.54) is 10.5 Å². The van der Waals surface area contributed by atoms with Crippen LogP contribution >= 0.6 is 0 Å². The zero-order chi connectivity index (χ0) is 19.6. The monoisotopic (exact) mass is 387 g/mol. The molecule has 5 nitrogen and oxygen atoms in total. The van der Waals surface area contributed by atoms with Gasteiger partial charge in [0.25, 0.3) is 5.71 Å². The minimum atomic E-state index is -0.0734. The van der Waals surface area contributed by atoms with Crippen molar-refractivity contribution in [3.8, 4) is 0 Å². The first-order chi connectivity index (χ1) is 14.3. The first kappa shape index (κ1) is 18.0. The molecular weight excluding hydrogens is 362 g/mol. The topological polar surface area (TPSA) is 56.7 Å². The molecule has 1 aliphatic carbocycles. The summed E-state index contributed by atoms with van der Waals surface area (Å²) < 4.78 is 5.48. The lowest BCUT2D eigenvalue weighted by atomic mass is 9.90. The summed E-state index contributed by atoms with van der Waals surface area (Å²) in [7, 11) is 0. The highest BCUT2D eigenvalue weighted by Crippen LogP contribution is 2.26. The molecule has 1 amide bonds. The van der Waals surface area contributed by atoms with E-state index in [-0.39, 0.29) is 11.8 Å². The van der Waals surface area contributed by atoms with Gasteiger partial charge in [-0.25, -0.2) is 4.99 Å². The highest BCUT2D eigenvalue weighted by molar-refractivity contribution is 6.43. The van der Waals surface area contributed by atoms with Gasteiger partial charge < -0.3 is 15.0 Å². The van der Waals surface area contributed by atoms with Crippen LogP contribution in [0.25, 0.3) is 10.8 Å². The first-order valence-electron chi connectivity index (χ1n) is 10.2. The quantitative estimate of drug-likeness (QED) is 0.703. The first-order valence-corrected chi connectivity index (χ1v) is 10.2. The number of carbonyl (C=O) groups is 1. The van der Waals surface area contributed by atoms with Gasteiger partial charge in [0.05, 0.1) is 19.1 Å². The number of allylic oxidation sites excluding steroid dienone is 5. The summed E-state index contributed by atoms with van der Waals surface area (Å²) in [6.07, 6.45) is 8.30. The Labute approximate surface area is 170 Å². The second-order valence-corrected chi connectivity index (χ2v) is 7.71. The number of morpholine rings is 1. The van der Waals surface area contributed by atoms with Gasteiger partial charge in [0.2, 0.25) is 5.70 Å². The SMILES string of the molecule is O=C(Nc1cccc2ccccc12)C1=[NH+]C(C[NH+]2CCOCC2)=C2C=CC=CC12. The van der Waals surface area contributed by atoms with Crippen molar-refractivity contribution in [3.63, 3.8) is 0 Å². The van der Waals surface area contributed by atoms with E-state index in [0.29, 0.717) is 5.71 Å². The maximum atomic E-state index is 13.2. The maximum absolute atomic E-state index is 13.2. The average Bonchev–Trinajstić information content (AvgIpc) is 3.13. The van der Waals surface area contributed by atoms with Crippen molar-refractivity contribution >= 4 is 28.1 Å². The molecule has 2 aromatic rings. The molecule has 2 aliphatic heterocycles. The molecule has 3 N–H and O–H groups in total. The van der Waals surface area contributed by atoms with Crippen molar-refractivity contribution in [2.45, 2.75) is 0 Å². The molecule has 3 aliphatic rings. The Morgan fingerprint density at radius 1 is 1.10 bits per heavy atom. The van der Waals surface area contributed by atoms with E-state index in [2.05, 4.69) is 34.6 Å². The number of ether oxygens (including phenoxy) is 1. The molecule has 2 heterocycles. The van der Waals surface area contributed by atoms with Crippen LogP contribution in [0.3, 0.4) is 0 Å². The third kappa shape index (κ3) is 3.55. The average molecular weight is 387 g/mol. The summed E-state index contributed by atoms with van der Waals surface area (Å²) in [6.45, 7) is 4.49. The predicted octanol–water partition coefficient (Wildman–Crippen LogP) is 0.225. The molecule has 0 radical (unpaired) electrons. The highest BCUT2D eigenvalue weighted by atomic mass is 16.5. The third-order valence-corrected chi connectivity index (χ3v) is 5.88. The van der Waals surface area contributed by atoms with Crippen LogP contribution in [0, 0.1) is 5.92 Å². The van der Waals surface area contributed by atoms with Gasteiger partial charge in [-0.2, -0.15) is 0 Å². The second-order valence-electron chi connectivity index (χ2n) is 7.71. The molecule has 0 spiro atoms. The molecule has 0 aromatic heterocycles. The summed E-state index contributed by atoms with van der Waals surface area (Å²) in [5, 5.41) is 5.30. The van der Waals surface area contributed by atoms with E-state index in [0.717, 1.165) is 55.0 Å². The van der Waals surface area contributed by atoms with E-state index in [1.54, 1.807) is 0 Å². The van der Waals surface area contributed by atoms with Crippen LogP contribution in [-0.2, 0) is 9.53 Å². The molecule has 1 atom stereocenters. The molecule has 1 saturated heterocycles. The number of hydrogen-bond acceptors (Lipinski definition) is 2. The molecule has 29 heavy (non-hydrogen) atoms. The largest absolute Gasteiger partial charge is 0.370 e.